The van der Waals surface area contributed by atoms with Gasteiger partial charge in [0.05, 0.1) is 11.1 Å². The Bertz CT molecular complexity index is 571. The maximum Gasteiger partial charge on any atom is 0.261 e. The van der Waals surface area contributed by atoms with Crippen molar-refractivity contribution in [1.82, 2.24) is 10.2 Å². The maximum atomic E-state index is 12.4. The molecule has 1 saturated heterocycles. The van der Waals surface area contributed by atoms with Gasteiger partial charge in [-0.3, -0.25) is 14.5 Å². The molecule has 1 aromatic rings. The maximum absolute atomic E-state index is 12.4. The van der Waals surface area contributed by atoms with Crippen LogP contribution in [0.2, 0.25) is 0 Å². The van der Waals surface area contributed by atoms with Gasteiger partial charge in [0.15, 0.2) is 0 Å². The summed E-state index contributed by atoms with van der Waals surface area (Å²) in [5.41, 5.74) is 2.18. The van der Waals surface area contributed by atoms with Crippen LogP contribution >= 0.6 is 0 Å². The first kappa shape index (κ1) is 10.3. The summed E-state index contributed by atoms with van der Waals surface area (Å²) in [7, 11) is 0. The number of amides is 2. The lowest BCUT2D eigenvalue weighted by Gasteiger charge is -2.16. The SMILES string of the molecule is Cc1ccc2c(c1)C(=O)N(C1C3CNCC31)C2=O. The summed E-state index contributed by atoms with van der Waals surface area (Å²) in [5, 5.41) is 3.29. The number of nitrogens with one attached hydrogen (secondary N) is 1. The highest BCUT2D eigenvalue weighted by Crippen LogP contribution is 2.48. The van der Waals surface area contributed by atoms with Gasteiger partial charge in [-0.25, -0.2) is 0 Å². The molecular weight excluding hydrogens is 228 g/mol. The Morgan fingerprint density at radius 1 is 1.11 bits per heavy atom. The van der Waals surface area contributed by atoms with Gasteiger partial charge in [0.1, 0.15) is 0 Å². The van der Waals surface area contributed by atoms with Crippen molar-refractivity contribution in [2.75, 3.05) is 13.1 Å². The highest BCUT2D eigenvalue weighted by Gasteiger charge is 2.60. The van der Waals surface area contributed by atoms with E-state index in [-0.39, 0.29) is 17.9 Å². The van der Waals surface area contributed by atoms with Crippen LogP contribution in [0.1, 0.15) is 26.3 Å². The lowest BCUT2D eigenvalue weighted by Crippen LogP contribution is -2.37. The first-order valence-electron chi connectivity index (χ1n) is 6.38. The zero-order valence-corrected chi connectivity index (χ0v) is 10.1. The van der Waals surface area contributed by atoms with Crippen LogP contribution in [-0.4, -0.2) is 35.8 Å². The highest BCUT2D eigenvalue weighted by molar-refractivity contribution is 6.21. The molecular formula is C14H14N2O2. The van der Waals surface area contributed by atoms with E-state index in [1.807, 2.05) is 19.1 Å². The number of benzene rings is 1. The Hall–Kier alpha value is -1.68. The molecule has 1 aromatic carbocycles. The van der Waals surface area contributed by atoms with Crippen LogP contribution in [0.4, 0.5) is 0 Å². The number of carbonyl (C=O) groups is 2. The molecule has 2 atom stereocenters. The van der Waals surface area contributed by atoms with E-state index in [1.54, 1.807) is 6.07 Å². The van der Waals surface area contributed by atoms with Crippen LogP contribution in [0, 0.1) is 18.8 Å². The second-order valence-electron chi connectivity index (χ2n) is 5.51. The fraction of sp³-hybridized carbons (Fsp3) is 0.429. The molecule has 2 unspecified atom stereocenters. The number of aryl methyl sites for hydroxylation is 1. The number of nitrogens with zero attached hydrogens (tertiary/aromatic N) is 1. The standard InChI is InChI=1S/C14H14N2O2/c1-7-2-3-8-9(4-7)14(18)16(13(8)17)12-10-5-15-6-11(10)12/h2-4,10-12,15H,5-6H2,1H3. The molecule has 0 radical (unpaired) electrons. The molecule has 1 aliphatic carbocycles. The fourth-order valence-electron chi connectivity index (χ4n) is 3.41. The number of piperidine rings is 1. The summed E-state index contributed by atoms with van der Waals surface area (Å²) in [4.78, 5) is 26.2. The molecule has 4 heteroatoms. The van der Waals surface area contributed by atoms with Crippen molar-refractivity contribution in [3.05, 3.63) is 34.9 Å². The van der Waals surface area contributed by atoms with Crippen molar-refractivity contribution in [3.63, 3.8) is 0 Å². The van der Waals surface area contributed by atoms with Crippen molar-refractivity contribution in [2.24, 2.45) is 11.8 Å². The van der Waals surface area contributed by atoms with Gasteiger partial charge in [-0.15, -0.1) is 0 Å². The Morgan fingerprint density at radius 3 is 2.50 bits per heavy atom. The largest absolute Gasteiger partial charge is 0.316 e. The monoisotopic (exact) mass is 242 g/mol. The lowest BCUT2D eigenvalue weighted by atomic mass is 10.1. The molecule has 0 spiro atoms. The van der Waals surface area contributed by atoms with E-state index in [0.717, 1.165) is 18.7 Å². The average Bonchev–Trinajstić information content (AvgIpc) is 2.71. The van der Waals surface area contributed by atoms with Crippen LogP contribution in [0.3, 0.4) is 0 Å². The number of imide groups is 1. The predicted molar refractivity (Wildman–Crippen MR) is 65.3 cm³/mol. The topological polar surface area (TPSA) is 49.4 Å². The normalized spacial score (nSPS) is 32.7. The Kier molecular flexibility index (Phi) is 1.83. The van der Waals surface area contributed by atoms with Gasteiger partial charge in [-0.05, 0) is 30.9 Å². The summed E-state index contributed by atoms with van der Waals surface area (Å²) in [5.74, 6) is 0.758. The number of hydrogen-bond acceptors (Lipinski definition) is 3. The molecule has 3 aliphatic rings. The lowest BCUT2D eigenvalue weighted by molar-refractivity contribution is 0.0624. The third kappa shape index (κ3) is 1.13. The number of fused-ring (bicyclic) bond motifs is 2. The number of carbonyl (C=O) groups excluding carboxylic acids is 2. The van der Waals surface area contributed by atoms with Crippen LogP contribution < -0.4 is 5.32 Å². The van der Waals surface area contributed by atoms with E-state index in [1.165, 1.54) is 4.90 Å². The van der Waals surface area contributed by atoms with Gasteiger partial charge in [0, 0.05) is 19.1 Å². The van der Waals surface area contributed by atoms with Gasteiger partial charge in [0.25, 0.3) is 11.8 Å². The van der Waals surface area contributed by atoms with Crippen LogP contribution in [0.15, 0.2) is 18.2 Å². The molecule has 0 aromatic heterocycles. The molecule has 2 fully saturated rings. The molecule has 92 valence electrons. The van der Waals surface area contributed by atoms with Gasteiger partial charge in [-0.2, -0.15) is 0 Å². The zero-order chi connectivity index (χ0) is 12.4. The molecule has 2 aliphatic heterocycles. The van der Waals surface area contributed by atoms with E-state index in [0.29, 0.717) is 23.0 Å². The third-order valence-electron chi connectivity index (χ3n) is 4.42. The minimum atomic E-state index is -0.102. The van der Waals surface area contributed by atoms with Gasteiger partial charge < -0.3 is 5.32 Å². The van der Waals surface area contributed by atoms with Gasteiger partial charge >= 0.3 is 0 Å². The Labute approximate surface area is 105 Å². The van der Waals surface area contributed by atoms with Crippen molar-refractivity contribution in [2.45, 2.75) is 13.0 Å². The third-order valence-corrected chi connectivity index (χ3v) is 4.42. The summed E-state index contributed by atoms with van der Waals surface area (Å²) in [6, 6.07) is 5.63. The summed E-state index contributed by atoms with van der Waals surface area (Å²) >= 11 is 0. The fourth-order valence-corrected chi connectivity index (χ4v) is 3.41. The van der Waals surface area contributed by atoms with Gasteiger partial charge in [0.2, 0.25) is 0 Å². The number of rotatable bonds is 1. The number of hydrogen-bond donors (Lipinski definition) is 1. The first-order chi connectivity index (χ1) is 8.68. The summed E-state index contributed by atoms with van der Waals surface area (Å²) in [6.07, 6.45) is 0. The van der Waals surface area contributed by atoms with Crippen molar-refractivity contribution in [1.29, 1.82) is 0 Å². The van der Waals surface area contributed by atoms with E-state index in [2.05, 4.69) is 5.32 Å². The van der Waals surface area contributed by atoms with Crippen LogP contribution in [-0.2, 0) is 0 Å². The molecule has 1 saturated carbocycles. The van der Waals surface area contributed by atoms with Crippen molar-refractivity contribution < 1.29 is 9.59 Å². The van der Waals surface area contributed by atoms with Gasteiger partial charge in [-0.1, -0.05) is 11.6 Å². The predicted octanol–water partition coefficient (Wildman–Crippen LogP) is 0.809. The van der Waals surface area contributed by atoms with Crippen molar-refractivity contribution >= 4 is 11.8 Å². The molecule has 18 heavy (non-hydrogen) atoms. The minimum Gasteiger partial charge on any atom is -0.316 e. The first-order valence-corrected chi connectivity index (χ1v) is 6.38. The van der Waals surface area contributed by atoms with E-state index < -0.39 is 0 Å². The minimum absolute atomic E-state index is 0.0990. The average molecular weight is 242 g/mol. The van der Waals surface area contributed by atoms with E-state index in [4.69, 9.17) is 0 Å². The smallest absolute Gasteiger partial charge is 0.261 e. The molecule has 2 amide bonds. The molecule has 4 rings (SSSR count). The van der Waals surface area contributed by atoms with Crippen LogP contribution in [0.25, 0.3) is 0 Å². The second-order valence-corrected chi connectivity index (χ2v) is 5.51. The molecule has 1 N–H and O–H groups in total. The molecule has 0 bridgehead atoms. The van der Waals surface area contributed by atoms with Crippen molar-refractivity contribution in [3.8, 4) is 0 Å². The van der Waals surface area contributed by atoms with E-state index in [9.17, 15) is 9.59 Å². The molecule has 2 heterocycles. The van der Waals surface area contributed by atoms with E-state index >= 15 is 0 Å². The molecule has 4 nitrogen and oxygen atoms in total. The summed E-state index contributed by atoms with van der Waals surface area (Å²) < 4.78 is 0. The highest BCUT2D eigenvalue weighted by atomic mass is 16.2. The Morgan fingerprint density at radius 2 is 1.78 bits per heavy atom. The second kappa shape index (κ2) is 3.20. The quantitative estimate of drug-likeness (QED) is 0.741. The zero-order valence-electron chi connectivity index (χ0n) is 10.1. The Balaban J connectivity index is 1.73. The van der Waals surface area contributed by atoms with Crippen LogP contribution in [0.5, 0.6) is 0 Å². The summed E-state index contributed by atoms with van der Waals surface area (Å²) in [6.45, 7) is 3.81.